The molecular formula is C19H25N3O6S. The molecule has 1 heterocycles. The highest BCUT2D eigenvalue weighted by Gasteiger charge is 2.27. The number of urea groups is 1. The molecule has 2 aliphatic rings. The maximum absolute atomic E-state index is 12.2. The Balaban J connectivity index is 1.49. The first kappa shape index (κ1) is 21.1. The van der Waals surface area contributed by atoms with Gasteiger partial charge in [0.15, 0.2) is 6.61 Å². The van der Waals surface area contributed by atoms with Crippen molar-refractivity contribution in [2.75, 3.05) is 23.7 Å². The van der Waals surface area contributed by atoms with Crippen LogP contribution < -0.4 is 14.9 Å². The summed E-state index contributed by atoms with van der Waals surface area (Å²) in [6.45, 7) is -0.255. The molecule has 1 aromatic rings. The van der Waals surface area contributed by atoms with E-state index in [1.807, 2.05) is 0 Å². The molecule has 1 aliphatic carbocycles. The van der Waals surface area contributed by atoms with E-state index < -0.39 is 34.5 Å². The molecule has 3 rings (SSSR count). The number of esters is 1. The van der Waals surface area contributed by atoms with Gasteiger partial charge >= 0.3 is 12.0 Å². The van der Waals surface area contributed by atoms with Crippen LogP contribution in [-0.2, 0) is 26.0 Å². The Morgan fingerprint density at radius 3 is 2.59 bits per heavy atom. The summed E-state index contributed by atoms with van der Waals surface area (Å²) in [4.78, 5) is 35.9. The third-order valence-corrected chi connectivity index (χ3v) is 6.28. The number of nitrogens with one attached hydrogen (secondary N) is 2. The van der Waals surface area contributed by atoms with Crippen LogP contribution in [0.15, 0.2) is 18.2 Å². The topological polar surface area (TPSA) is 122 Å². The van der Waals surface area contributed by atoms with Crippen LogP contribution in [0.3, 0.4) is 0 Å². The van der Waals surface area contributed by atoms with Crippen LogP contribution in [0, 0.1) is 0 Å². The minimum Gasteiger partial charge on any atom is -0.452 e. The first-order valence-electron chi connectivity index (χ1n) is 9.62. The lowest BCUT2D eigenvalue weighted by Crippen LogP contribution is -2.46. The molecule has 10 heteroatoms. The predicted octanol–water partition coefficient (Wildman–Crippen LogP) is 1.32. The molecule has 9 nitrogen and oxygen atoms in total. The van der Waals surface area contributed by atoms with Gasteiger partial charge < -0.3 is 10.1 Å². The number of fused-ring (bicyclic) bond motifs is 1. The number of ether oxygens (including phenoxy) is 1. The van der Waals surface area contributed by atoms with Crippen molar-refractivity contribution in [3.8, 4) is 0 Å². The summed E-state index contributed by atoms with van der Waals surface area (Å²) in [5.74, 6) is -1.43. The summed E-state index contributed by atoms with van der Waals surface area (Å²) in [6.07, 6.45) is 6.68. The Morgan fingerprint density at radius 1 is 1.17 bits per heavy atom. The minimum absolute atomic E-state index is 0.0667. The highest BCUT2D eigenvalue weighted by Crippen LogP contribution is 2.30. The van der Waals surface area contributed by atoms with E-state index >= 15 is 0 Å². The molecule has 158 valence electrons. The molecule has 1 saturated carbocycles. The Labute approximate surface area is 169 Å². The standard InChI is InChI=1S/C19H25N3O6S/c1-29(26,27)22-10-9-13-11-14(7-8-16(13)22)18(24)28-12-17(23)21-19(25)20-15-5-3-2-4-6-15/h7-8,11,15H,2-6,9-10,12H2,1H3,(H2,20,21,23,25). The fourth-order valence-electron chi connectivity index (χ4n) is 3.69. The molecule has 3 amide bonds. The molecule has 2 N–H and O–H groups in total. The van der Waals surface area contributed by atoms with Crippen molar-refractivity contribution in [3.63, 3.8) is 0 Å². The Kier molecular flexibility index (Phi) is 6.41. The van der Waals surface area contributed by atoms with Gasteiger partial charge in [0.2, 0.25) is 10.0 Å². The van der Waals surface area contributed by atoms with Gasteiger partial charge in [-0.25, -0.2) is 18.0 Å². The highest BCUT2D eigenvalue weighted by atomic mass is 32.2. The third-order valence-electron chi connectivity index (χ3n) is 5.10. The van der Waals surface area contributed by atoms with Crippen LogP contribution in [0.25, 0.3) is 0 Å². The van der Waals surface area contributed by atoms with E-state index in [1.54, 1.807) is 12.1 Å². The molecule has 29 heavy (non-hydrogen) atoms. The number of nitrogens with zero attached hydrogens (tertiary/aromatic N) is 1. The number of anilines is 1. The van der Waals surface area contributed by atoms with E-state index in [2.05, 4.69) is 10.6 Å². The monoisotopic (exact) mass is 423 g/mol. The van der Waals surface area contributed by atoms with E-state index in [9.17, 15) is 22.8 Å². The number of hydrogen-bond acceptors (Lipinski definition) is 6. The van der Waals surface area contributed by atoms with Gasteiger partial charge in [0.05, 0.1) is 17.5 Å². The molecular weight excluding hydrogens is 398 g/mol. The maximum atomic E-state index is 12.2. The van der Waals surface area contributed by atoms with E-state index in [1.165, 1.54) is 10.4 Å². The van der Waals surface area contributed by atoms with Crippen molar-refractivity contribution in [3.05, 3.63) is 29.3 Å². The van der Waals surface area contributed by atoms with E-state index in [-0.39, 0.29) is 11.6 Å². The number of rotatable bonds is 5. The van der Waals surface area contributed by atoms with Crippen molar-refractivity contribution in [1.82, 2.24) is 10.6 Å². The average molecular weight is 423 g/mol. The van der Waals surface area contributed by atoms with Crippen molar-refractivity contribution in [2.45, 2.75) is 44.6 Å². The summed E-state index contributed by atoms with van der Waals surface area (Å²) in [6, 6.07) is 4.06. The van der Waals surface area contributed by atoms with Gasteiger partial charge in [0, 0.05) is 12.6 Å². The predicted molar refractivity (Wildman–Crippen MR) is 106 cm³/mol. The smallest absolute Gasteiger partial charge is 0.338 e. The molecule has 1 fully saturated rings. The zero-order valence-corrected chi connectivity index (χ0v) is 17.1. The second-order valence-electron chi connectivity index (χ2n) is 7.36. The summed E-state index contributed by atoms with van der Waals surface area (Å²) in [5, 5.41) is 4.91. The summed E-state index contributed by atoms with van der Waals surface area (Å²) in [5.41, 5.74) is 1.49. The van der Waals surface area contributed by atoms with Gasteiger partial charge in [-0.1, -0.05) is 19.3 Å². The zero-order valence-electron chi connectivity index (χ0n) is 16.3. The van der Waals surface area contributed by atoms with Gasteiger partial charge in [-0.15, -0.1) is 0 Å². The molecule has 1 aliphatic heterocycles. The van der Waals surface area contributed by atoms with Crippen molar-refractivity contribution in [1.29, 1.82) is 0 Å². The quantitative estimate of drug-likeness (QED) is 0.689. The van der Waals surface area contributed by atoms with E-state index in [0.29, 0.717) is 18.7 Å². The Hall–Kier alpha value is -2.62. The SMILES string of the molecule is CS(=O)(=O)N1CCc2cc(C(=O)OCC(=O)NC(=O)NC3CCCCC3)ccc21. The molecule has 0 saturated heterocycles. The summed E-state index contributed by atoms with van der Waals surface area (Å²) in [7, 11) is -3.37. The van der Waals surface area contributed by atoms with Crippen molar-refractivity contribution < 1.29 is 27.5 Å². The second-order valence-corrected chi connectivity index (χ2v) is 9.27. The number of imide groups is 1. The third kappa shape index (κ3) is 5.47. The Morgan fingerprint density at radius 2 is 1.90 bits per heavy atom. The largest absolute Gasteiger partial charge is 0.452 e. The summed E-state index contributed by atoms with van der Waals surface area (Å²) < 4.78 is 29.8. The molecule has 0 unspecified atom stereocenters. The normalized spacial score (nSPS) is 16.8. The Bertz CT molecular complexity index is 909. The van der Waals surface area contributed by atoms with Crippen LogP contribution in [-0.4, -0.2) is 51.8 Å². The fraction of sp³-hybridized carbons (Fsp3) is 0.526. The first-order valence-corrected chi connectivity index (χ1v) is 11.5. The lowest BCUT2D eigenvalue weighted by molar-refractivity contribution is -0.123. The lowest BCUT2D eigenvalue weighted by Gasteiger charge is -2.22. The van der Waals surface area contributed by atoms with Crippen LogP contribution in [0.1, 0.15) is 48.0 Å². The van der Waals surface area contributed by atoms with Gasteiger partial charge in [-0.05, 0) is 43.0 Å². The maximum Gasteiger partial charge on any atom is 0.338 e. The molecule has 0 spiro atoms. The van der Waals surface area contributed by atoms with Crippen LogP contribution in [0.5, 0.6) is 0 Å². The van der Waals surface area contributed by atoms with Gasteiger partial charge in [0.25, 0.3) is 5.91 Å². The molecule has 0 aromatic heterocycles. The fourth-order valence-corrected chi connectivity index (χ4v) is 4.65. The molecule has 0 atom stereocenters. The number of carbonyl (C=O) groups excluding carboxylic acids is 3. The van der Waals surface area contributed by atoms with Crippen LogP contribution in [0.2, 0.25) is 0 Å². The number of sulfonamides is 1. The first-order chi connectivity index (χ1) is 13.7. The minimum atomic E-state index is -3.37. The number of benzene rings is 1. The van der Waals surface area contributed by atoms with Crippen molar-refractivity contribution >= 4 is 33.6 Å². The zero-order chi connectivity index (χ0) is 21.0. The van der Waals surface area contributed by atoms with E-state index in [0.717, 1.165) is 43.9 Å². The average Bonchev–Trinajstić information content (AvgIpc) is 3.10. The second kappa shape index (κ2) is 8.81. The van der Waals surface area contributed by atoms with Gasteiger partial charge in [-0.2, -0.15) is 0 Å². The summed E-state index contributed by atoms with van der Waals surface area (Å²) >= 11 is 0. The van der Waals surface area contributed by atoms with Crippen LogP contribution >= 0.6 is 0 Å². The highest BCUT2D eigenvalue weighted by molar-refractivity contribution is 7.92. The van der Waals surface area contributed by atoms with Gasteiger partial charge in [0.1, 0.15) is 0 Å². The number of hydrogen-bond donors (Lipinski definition) is 2. The number of carbonyl (C=O) groups is 3. The molecule has 1 aromatic carbocycles. The van der Waals surface area contributed by atoms with E-state index in [4.69, 9.17) is 4.74 Å². The molecule has 0 radical (unpaired) electrons. The lowest BCUT2D eigenvalue weighted by atomic mass is 9.96. The van der Waals surface area contributed by atoms with Gasteiger partial charge in [-0.3, -0.25) is 14.4 Å². The number of amides is 3. The van der Waals surface area contributed by atoms with Crippen LogP contribution in [0.4, 0.5) is 10.5 Å². The molecule has 0 bridgehead atoms. The van der Waals surface area contributed by atoms with Crippen molar-refractivity contribution in [2.24, 2.45) is 0 Å².